The number of carboxylic acid groups (broad SMARTS) is 1. The van der Waals surface area contributed by atoms with Crippen LogP contribution in [0.2, 0.25) is 0 Å². The standard InChI is InChI=1S/C11H14N2O4/c1-6-7(2)17-9(12-6)10(14)13-5-3-4-8(13)11(15)16/h8H,3-5H2,1-2H3,(H,15,16)/t8-/m0/s1. The van der Waals surface area contributed by atoms with Gasteiger partial charge in [0.15, 0.2) is 0 Å². The van der Waals surface area contributed by atoms with Gasteiger partial charge in [0.05, 0.1) is 5.69 Å². The van der Waals surface area contributed by atoms with E-state index < -0.39 is 17.9 Å². The Morgan fingerprint density at radius 3 is 2.71 bits per heavy atom. The number of hydrogen-bond donors (Lipinski definition) is 1. The van der Waals surface area contributed by atoms with E-state index in [2.05, 4.69) is 4.98 Å². The van der Waals surface area contributed by atoms with Crippen LogP contribution in [0.4, 0.5) is 0 Å². The van der Waals surface area contributed by atoms with Gasteiger partial charge in [-0.05, 0) is 26.7 Å². The monoisotopic (exact) mass is 238 g/mol. The van der Waals surface area contributed by atoms with Crippen molar-refractivity contribution in [3.05, 3.63) is 17.3 Å². The molecule has 1 N–H and O–H groups in total. The minimum atomic E-state index is -0.976. The van der Waals surface area contributed by atoms with E-state index in [1.165, 1.54) is 4.90 Å². The highest BCUT2D eigenvalue weighted by Gasteiger charge is 2.36. The minimum Gasteiger partial charge on any atom is -0.480 e. The van der Waals surface area contributed by atoms with Crippen LogP contribution in [0.1, 0.15) is 35.0 Å². The lowest BCUT2D eigenvalue weighted by atomic mass is 10.2. The van der Waals surface area contributed by atoms with Crippen molar-refractivity contribution in [1.82, 2.24) is 9.88 Å². The number of amides is 1. The van der Waals surface area contributed by atoms with E-state index in [0.717, 1.165) is 0 Å². The summed E-state index contributed by atoms with van der Waals surface area (Å²) in [5.41, 5.74) is 0.652. The van der Waals surface area contributed by atoms with Gasteiger partial charge in [-0.2, -0.15) is 0 Å². The molecular weight excluding hydrogens is 224 g/mol. The van der Waals surface area contributed by atoms with Crippen molar-refractivity contribution >= 4 is 11.9 Å². The molecule has 1 aromatic rings. The highest BCUT2D eigenvalue weighted by Crippen LogP contribution is 2.21. The van der Waals surface area contributed by atoms with Crippen molar-refractivity contribution in [1.29, 1.82) is 0 Å². The number of rotatable bonds is 2. The largest absolute Gasteiger partial charge is 0.480 e. The Bertz CT molecular complexity index is 447. The molecular formula is C11H14N2O4. The predicted molar refractivity (Wildman–Crippen MR) is 57.7 cm³/mol. The van der Waals surface area contributed by atoms with Gasteiger partial charge in [0.1, 0.15) is 11.8 Å². The lowest BCUT2D eigenvalue weighted by Gasteiger charge is -2.19. The van der Waals surface area contributed by atoms with Crippen LogP contribution >= 0.6 is 0 Å². The molecule has 2 rings (SSSR count). The molecule has 0 spiro atoms. The molecule has 0 radical (unpaired) electrons. The molecule has 1 fully saturated rings. The van der Waals surface area contributed by atoms with Crippen molar-refractivity contribution in [3.8, 4) is 0 Å². The third-order valence-corrected chi connectivity index (χ3v) is 3.01. The van der Waals surface area contributed by atoms with Crippen LogP contribution in [0, 0.1) is 13.8 Å². The quantitative estimate of drug-likeness (QED) is 0.830. The Balaban J connectivity index is 2.22. The van der Waals surface area contributed by atoms with E-state index in [0.29, 0.717) is 30.8 Å². The first kappa shape index (κ1) is 11.6. The second-order valence-electron chi connectivity index (χ2n) is 4.16. The van der Waals surface area contributed by atoms with Crippen molar-refractivity contribution in [2.24, 2.45) is 0 Å². The van der Waals surface area contributed by atoms with Gasteiger partial charge in [-0.3, -0.25) is 4.79 Å². The summed E-state index contributed by atoms with van der Waals surface area (Å²) >= 11 is 0. The van der Waals surface area contributed by atoms with Crippen LogP contribution < -0.4 is 0 Å². The second kappa shape index (κ2) is 4.20. The topological polar surface area (TPSA) is 83.6 Å². The molecule has 92 valence electrons. The molecule has 1 amide bonds. The smallest absolute Gasteiger partial charge is 0.326 e. The molecule has 6 nitrogen and oxygen atoms in total. The summed E-state index contributed by atoms with van der Waals surface area (Å²) in [6.07, 6.45) is 1.18. The van der Waals surface area contributed by atoms with E-state index in [1.54, 1.807) is 13.8 Å². The molecule has 1 aliphatic heterocycles. The molecule has 1 saturated heterocycles. The first-order valence-electron chi connectivity index (χ1n) is 5.48. The van der Waals surface area contributed by atoms with Crippen molar-refractivity contribution in [2.75, 3.05) is 6.54 Å². The van der Waals surface area contributed by atoms with E-state index in [4.69, 9.17) is 9.52 Å². The number of aromatic nitrogens is 1. The summed E-state index contributed by atoms with van der Waals surface area (Å²) < 4.78 is 5.22. The Labute approximate surface area is 98.2 Å². The van der Waals surface area contributed by atoms with Crippen LogP contribution in [0.3, 0.4) is 0 Å². The minimum absolute atomic E-state index is 0.0202. The maximum atomic E-state index is 12.0. The number of likely N-dealkylation sites (tertiary alicyclic amines) is 1. The number of hydrogen-bond acceptors (Lipinski definition) is 4. The molecule has 6 heteroatoms. The summed E-state index contributed by atoms with van der Waals surface area (Å²) in [5.74, 6) is -0.852. The number of nitrogens with zero attached hydrogens (tertiary/aromatic N) is 2. The van der Waals surface area contributed by atoms with Crippen LogP contribution in [-0.2, 0) is 4.79 Å². The predicted octanol–water partition coefficient (Wildman–Crippen LogP) is 0.981. The van der Waals surface area contributed by atoms with E-state index >= 15 is 0 Å². The Morgan fingerprint density at radius 1 is 1.47 bits per heavy atom. The molecule has 0 saturated carbocycles. The zero-order valence-corrected chi connectivity index (χ0v) is 9.77. The van der Waals surface area contributed by atoms with E-state index in [-0.39, 0.29) is 5.89 Å². The van der Waals surface area contributed by atoms with Gasteiger partial charge in [-0.15, -0.1) is 0 Å². The molecule has 1 atom stereocenters. The number of aliphatic carboxylic acids is 1. The van der Waals surface area contributed by atoms with Gasteiger partial charge in [-0.25, -0.2) is 9.78 Å². The maximum Gasteiger partial charge on any atom is 0.326 e. The lowest BCUT2D eigenvalue weighted by molar-refractivity contribution is -0.141. The van der Waals surface area contributed by atoms with Gasteiger partial charge in [0, 0.05) is 6.54 Å². The van der Waals surface area contributed by atoms with Gasteiger partial charge >= 0.3 is 11.9 Å². The fourth-order valence-corrected chi connectivity index (χ4v) is 1.95. The fourth-order valence-electron chi connectivity index (χ4n) is 1.95. The fraction of sp³-hybridized carbons (Fsp3) is 0.545. The SMILES string of the molecule is Cc1nc(C(=O)N2CCC[C@H]2C(=O)O)oc1C. The van der Waals surface area contributed by atoms with E-state index in [1.807, 2.05) is 0 Å². The van der Waals surface area contributed by atoms with Gasteiger partial charge in [0.25, 0.3) is 5.89 Å². The van der Waals surface area contributed by atoms with Gasteiger partial charge in [-0.1, -0.05) is 0 Å². The molecule has 0 aromatic carbocycles. The summed E-state index contributed by atoms with van der Waals surface area (Å²) in [5, 5.41) is 8.99. The maximum absolute atomic E-state index is 12.0. The number of carboxylic acids is 1. The third kappa shape index (κ3) is 2.02. The zero-order chi connectivity index (χ0) is 12.6. The number of carbonyl (C=O) groups is 2. The van der Waals surface area contributed by atoms with Crippen LogP contribution in [-0.4, -0.2) is 39.5 Å². The van der Waals surface area contributed by atoms with E-state index in [9.17, 15) is 9.59 Å². The Morgan fingerprint density at radius 2 is 2.18 bits per heavy atom. The molecule has 2 heterocycles. The number of carbonyl (C=O) groups excluding carboxylic acids is 1. The third-order valence-electron chi connectivity index (χ3n) is 3.01. The Kier molecular flexibility index (Phi) is 2.87. The average molecular weight is 238 g/mol. The number of aryl methyl sites for hydroxylation is 2. The van der Waals surface area contributed by atoms with Gasteiger partial charge < -0.3 is 14.4 Å². The molecule has 1 aromatic heterocycles. The van der Waals surface area contributed by atoms with Crippen molar-refractivity contribution in [2.45, 2.75) is 32.7 Å². The summed E-state index contributed by atoms with van der Waals surface area (Å²) in [4.78, 5) is 28.3. The molecule has 0 aliphatic carbocycles. The van der Waals surface area contributed by atoms with Crippen molar-refractivity contribution in [3.63, 3.8) is 0 Å². The molecule has 1 aliphatic rings. The lowest BCUT2D eigenvalue weighted by Crippen LogP contribution is -2.40. The van der Waals surface area contributed by atoms with Crippen molar-refractivity contribution < 1.29 is 19.1 Å². The average Bonchev–Trinajstić information content (AvgIpc) is 2.85. The van der Waals surface area contributed by atoms with Gasteiger partial charge in [0.2, 0.25) is 0 Å². The van der Waals surface area contributed by atoms with Crippen LogP contribution in [0.5, 0.6) is 0 Å². The number of oxazole rings is 1. The van der Waals surface area contributed by atoms with Crippen LogP contribution in [0.25, 0.3) is 0 Å². The normalized spacial score (nSPS) is 19.6. The highest BCUT2D eigenvalue weighted by molar-refractivity contribution is 5.93. The first-order chi connectivity index (χ1) is 8.00. The first-order valence-corrected chi connectivity index (χ1v) is 5.48. The highest BCUT2D eigenvalue weighted by atomic mass is 16.4. The summed E-state index contributed by atoms with van der Waals surface area (Å²) in [7, 11) is 0. The molecule has 0 unspecified atom stereocenters. The molecule has 17 heavy (non-hydrogen) atoms. The summed E-state index contributed by atoms with van der Waals surface area (Å²) in [6.45, 7) is 3.91. The van der Waals surface area contributed by atoms with Crippen LogP contribution in [0.15, 0.2) is 4.42 Å². The zero-order valence-electron chi connectivity index (χ0n) is 9.77. The second-order valence-corrected chi connectivity index (χ2v) is 4.16. The Hall–Kier alpha value is -1.85. The molecule has 0 bridgehead atoms. The summed E-state index contributed by atoms with van der Waals surface area (Å²) in [6, 6.07) is -0.755.